The second-order valence-electron chi connectivity index (χ2n) is 9.09. The molecule has 0 aliphatic carbocycles. The van der Waals surface area contributed by atoms with E-state index < -0.39 is 10.0 Å². The van der Waals surface area contributed by atoms with Crippen molar-refractivity contribution in [3.63, 3.8) is 0 Å². The molecule has 3 heterocycles. The minimum atomic E-state index is -3.55. The Morgan fingerprint density at radius 2 is 1.80 bits per heavy atom. The molecular formula is C25H29ClN4O3S2. The van der Waals surface area contributed by atoms with E-state index >= 15 is 0 Å². The molecule has 2 aliphatic heterocycles. The fourth-order valence-corrected chi connectivity index (χ4v) is 7.97. The van der Waals surface area contributed by atoms with E-state index in [2.05, 4.69) is 4.90 Å². The lowest BCUT2D eigenvalue weighted by Crippen LogP contribution is -2.48. The van der Waals surface area contributed by atoms with Crippen molar-refractivity contribution in [3.8, 4) is 0 Å². The van der Waals surface area contributed by atoms with Crippen molar-refractivity contribution in [3.05, 3.63) is 53.1 Å². The molecule has 0 saturated carbocycles. The van der Waals surface area contributed by atoms with Crippen LogP contribution < -0.4 is 4.90 Å². The summed E-state index contributed by atoms with van der Waals surface area (Å²) in [6.07, 6.45) is 3.68. The summed E-state index contributed by atoms with van der Waals surface area (Å²) < 4.78 is 29.1. The molecule has 0 spiro atoms. The number of piperidine rings is 1. The number of carbonyl (C=O) groups excluding carboxylic acids is 1. The number of nitrogens with zero attached hydrogens (tertiary/aromatic N) is 4. The number of piperazine rings is 1. The molecule has 0 radical (unpaired) electrons. The molecule has 2 aromatic carbocycles. The number of hydrogen-bond donors (Lipinski definition) is 0. The van der Waals surface area contributed by atoms with Gasteiger partial charge in [0.25, 0.3) is 5.91 Å². The lowest BCUT2D eigenvalue weighted by Gasteiger charge is -2.35. The zero-order valence-corrected chi connectivity index (χ0v) is 22.1. The maximum Gasteiger partial charge on any atom is 0.253 e. The maximum absolute atomic E-state index is 13.2. The predicted octanol–water partition coefficient (Wildman–Crippen LogP) is 4.87. The number of thiazole rings is 1. The number of sulfonamides is 1. The summed E-state index contributed by atoms with van der Waals surface area (Å²) in [6.45, 7) is 5.15. The van der Waals surface area contributed by atoms with Gasteiger partial charge in [-0.05, 0) is 61.7 Å². The van der Waals surface area contributed by atoms with Crippen molar-refractivity contribution >= 4 is 54.2 Å². The van der Waals surface area contributed by atoms with Gasteiger partial charge in [-0.3, -0.25) is 4.79 Å². The van der Waals surface area contributed by atoms with E-state index in [1.165, 1.54) is 0 Å². The van der Waals surface area contributed by atoms with E-state index in [1.54, 1.807) is 39.9 Å². The maximum atomic E-state index is 13.2. The molecule has 10 heteroatoms. The molecule has 2 aliphatic rings. The molecule has 5 rings (SSSR count). The summed E-state index contributed by atoms with van der Waals surface area (Å²) in [7, 11) is -3.55. The molecule has 1 aromatic heterocycles. The van der Waals surface area contributed by atoms with Crippen LogP contribution in [0.5, 0.6) is 0 Å². The third kappa shape index (κ3) is 4.91. The molecule has 7 nitrogen and oxygen atoms in total. The van der Waals surface area contributed by atoms with Crippen molar-refractivity contribution in [2.75, 3.05) is 37.6 Å². The van der Waals surface area contributed by atoms with Crippen LogP contribution in [-0.2, 0) is 10.0 Å². The SMILES string of the molecule is CCC1CCCCN1S(=O)(=O)c1ccc(C(=O)N2CCN(c3nc4ccc(Cl)cc4s3)CC2)cc1. The van der Waals surface area contributed by atoms with Crippen LogP contribution in [0.3, 0.4) is 0 Å². The Morgan fingerprint density at radius 1 is 1.06 bits per heavy atom. The van der Waals surface area contributed by atoms with Crippen LogP contribution in [0.4, 0.5) is 5.13 Å². The number of rotatable bonds is 5. The second kappa shape index (κ2) is 10.0. The topological polar surface area (TPSA) is 73.8 Å². The van der Waals surface area contributed by atoms with E-state index in [1.807, 2.05) is 30.0 Å². The van der Waals surface area contributed by atoms with Crippen LogP contribution in [0.2, 0.25) is 5.02 Å². The number of hydrogen-bond acceptors (Lipinski definition) is 6. The number of fused-ring (bicyclic) bond motifs is 1. The van der Waals surface area contributed by atoms with Crippen LogP contribution in [0.25, 0.3) is 10.2 Å². The average Bonchev–Trinajstić information content (AvgIpc) is 3.31. The minimum absolute atomic E-state index is 0.0544. The zero-order valence-electron chi connectivity index (χ0n) is 19.7. The van der Waals surface area contributed by atoms with Gasteiger partial charge in [0.15, 0.2) is 5.13 Å². The molecular weight excluding hydrogens is 504 g/mol. The third-order valence-corrected chi connectivity index (χ3v) is 10.2. The fraction of sp³-hybridized carbons (Fsp3) is 0.440. The molecule has 1 unspecified atom stereocenters. The molecule has 3 aromatic rings. The Bertz CT molecular complexity index is 1320. The van der Waals surface area contributed by atoms with Gasteiger partial charge in [-0.1, -0.05) is 36.3 Å². The number of benzene rings is 2. The first-order valence-corrected chi connectivity index (χ1v) is 14.7. The number of carbonyl (C=O) groups is 1. The quantitative estimate of drug-likeness (QED) is 0.469. The Kier molecular flexibility index (Phi) is 7.03. The van der Waals surface area contributed by atoms with Gasteiger partial charge in [0.05, 0.1) is 15.1 Å². The van der Waals surface area contributed by atoms with E-state index in [0.717, 1.165) is 41.0 Å². The highest BCUT2D eigenvalue weighted by molar-refractivity contribution is 7.89. The van der Waals surface area contributed by atoms with Crippen molar-refractivity contribution < 1.29 is 13.2 Å². The van der Waals surface area contributed by atoms with Crippen molar-refractivity contribution in [2.24, 2.45) is 0 Å². The highest BCUT2D eigenvalue weighted by atomic mass is 35.5. The molecule has 0 bridgehead atoms. The summed E-state index contributed by atoms with van der Waals surface area (Å²) >= 11 is 7.71. The van der Waals surface area contributed by atoms with Gasteiger partial charge in [-0.25, -0.2) is 13.4 Å². The first-order chi connectivity index (χ1) is 16.9. The third-order valence-electron chi connectivity index (χ3n) is 6.93. The molecule has 1 amide bonds. The monoisotopic (exact) mass is 532 g/mol. The Morgan fingerprint density at radius 3 is 2.51 bits per heavy atom. The van der Waals surface area contributed by atoms with Crippen LogP contribution in [0.15, 0.2) is 47.4 Å². The van der Waals surface area contributed by atoms with Gasteiger partial charge in [-0.2, -0.15) is 4.31 Å². The van der Waals surface area contributed by atoms with Crippen LogP contribution in [0, 0.1) is 0 Å². The van der Waals surface area contributed by atoms with E-state index in [0.29, 0.717) is 43.3 Å². The predicted molar refractivity (Wildman–Crippen MR) is 141 cm³/mol. The van der Waals surface area contributed by atoms with Crippen LogP contribution in [-0.4, -0.2) is 67.3 Å². The lowest BCUT2D eigenvalue weighted by atomic mass is 10.0. The number of anilines is 1. The van der Waals surface area contributed by atoms with Crippen molar-refractivity contribution in [1.29, 1.82) is 0 Å². The number of halogens is 1. The van der Waals surface area contributed by atoms with Gasteiger partial charge in [0.2, 0.25) is 10.0 Å². The molecule has 1 atom stereocenters. The van der Waals surface area contributed by atoms with E-state index in [-0.39, 0.29) is 16.8 Å². The van der Waals surface area contributed by atoms with Gasteiger partial charge < -0.3 is 9.80 Å². The smallest absolute Gasteiger partial charge is 0.253 e. The Balaban J connectivity index is 1.24. The standard InChI is InChI=1S/C25H29ClN4O3S2/c1-2-20-5-3-4-12-30(20)35(32,33)21-9-6-18(7-10-21)24(31)28-13-15-29(16-14-28)25-27-22-11-8-19(26)17-23(22)34-25/h6-11,17,20H,2-5,12-16H2,1H3. The normalized spacial score (nSPS) is 19.9. The van der Waals surface area contributed by atoms with E-state index in [4.69, 9.17) is 16.6 Å². The van der Waals surface area contributed by atoms with Crippen molar-refractivity contribution in [1.82, 2.24) is 14.2 Å². The summed E-state index contributed by atoms with van der Waals surface area (Å²) in [5.41, 5.74) is 1.44. The highest BCUT2D eigenvalue weighted by Crippen LogP contribution is 2.31. The Labute approximate surface area is 215 Å². The highest BCUT2D eigenvalue weighted by Gasteiger charge is 2.32. The first-order valence-electron chi connectivity index (χ1n) is 12.1. The van der Waals surface area contributed by atoms with Crippen LogP contribution in [0.1, 0.15) is 43.0 Å². The van der Waals surface area contributed by atoms with Gasteiger partial charge in [-0.15, -0.1) is 0 Å². The van der Waals surface area contributed by atoms with Crippen LogP contribution >= 0.6 is 22.9 Å². The zero-order chi connectivity index (χ0) is 24.6. The summed E-state index contributed by atoms with van der Waals surface area (Å²) in [4.78, 5) is 22.1. The van der Waals surface area contributed by atoms with Gasteiger partial charge >= 0.3 is 0 Å². The fourth-order valence-electron chi connectivity index (χ4n) is 4.91. The largest absolute Gasteiger partial charge is 0.345 e. The summed E-state index contributed by atoms with van der Waals surface area (Å²) in [6, 6.07) is 12.2. The molecule has 2 fully saturated rings. The van der Waals surface area contributed by atoms with E-state index in [9.17, 15) is 13.2 Å². The number of amides is 1. The lowest BCUT2D eigenvalue weighted by molar-refractivity contribution is 0.0746. The average molecular weight is 533 g/mol. The van der Waals surface area contributed by atoms with Gasteiger partial charge in [0.1, 0.15) is 0 Å². The van der Waals surface area contributed by atoms with Crippen molar-refractivity contribution in [2.45, 2.75) is 43.5 Å². The summed E-state index contributed by atoms with van der Waals surface area (Å²) in [5, 5.41) is 1.63. The Hall–Kier alpha value is -2.20. The molecule has 0 N–H and O–H groups in total. The molecule has 2 saturated heterocycles. The summed E-state index contributed by atoms with van der Waals surface area (Å²) in [5.74, 6) is -0.0749. The number of aromatic nitrogens is 1. The second-order valence-corrected chi connectivity index (χ2v) is 12.4. The molecule has 35 heavy (non-hydrogen) atoms. The first kappa shape index (κ1) is 24.5. The van der Waals surface area contributed by atoms with Gasteiger partial charge in [0, 0.05) is 49.4 Å². The molecule has 186 valence electrons. The minimum Gasteiger partial charge on any atom is -0.345 e.